The molecule has 0 atom stereocenters. The fourth-order valence-corrected chi connectivity index (χ4v) is 3.96. The van der Waals surface area contributed by atoms with Crippen molar-refractivity contribution in [3.05, 3.63) is 59.5 Å². The number of fused-ring (bicyclic) bond motifs is 1. The minimum atomic E-state index is -3.72. The second-order valence-corrected chi connectivity index (χ2v) is 7.03. The summed E-state index contributed by atoms with van der Waals surface area (Å²) in [4.78, 5) is 4.19. The van der Waals surface area contributed by atoms with Crippen LogP contribution in [0.25, 0.3) is 10.9 Å². The summed E-state index contributed by atoms with van der Waals surface area (Å²) in [7, 11) is -3.72. The predicted molar refractivity (Wildman–Crippen MR) is 94.4 cm³/mol. The molecule has 0 spiro atoms. The molecule has 0 aliphatic heterocycles. The van der Waals surface area contributed by atoms with Gasteiger partial charge in [-0.15, -0.1) is 0 Å². The first kappa shape index (κ1) is 18.1. The van der Waals surface area contributed by atoms with Crippen LogP contribution in [0.2, 0.25) is 0 Å². The summed E-state index contributed by atoms with van der Waals surface area (Å²) in [5, 5.41) is 0.556. The molecular weight excluding hydrogens is 327 g/mol. The van der Waals surface area contributed by atoms with E-state index in [0.29, 0.717) is 16.5 Å². The first-order chi connectivity index (χ1) is 11.4. The lowest BCUT2D eigenvalue weighted by Gasteiger charge is -2.08. The summed E-state index contributed by atoms with van der Waals surface area (Å²) < 4.78 is 39.9. The second kappa shape index (κ2) is 7.13. The lowest BCUT2D eigenvalue weighted by atomic mass is 10.2. The Morgan fingerprint density at radius 3 is 2.29 bits per heavy atom. The largest absolute Gasteiger partial charge is 0.268 e. The number of alkyl halides is 1. The van der Waals surface area contributed by atoms with Crippen LogP contribution in [0.15, 0.2) is 47.6 Å². The average molecular weight is 348 g/mol. The molecule has 0 aliphatic rings. The van der Waals surface area contributed by atoms with Gasteiger partial charge in [0, 0.05) is 17.8 Å². The number of benzene rings is 1. The number of halogens is 1. The van der Waals surface area contributed by atoms with Crippen molar-refractivity contribution in [2.75, 3.05) is 0 Å². The highest BCUT2D eigenvalue weighted by atomic mass is 32.2. The van der Waals surface area contributed by atoms with Gasteiger partial charge in [0.25, 0.3) is 10.0 Å². The number of nitrogens with zero attached hydrogens (tertiary/aromatic N) is 2. The molecular formula is C18H21FN2O2S. The van der Waals surface area contributed by atoms with Gasteiger partial charge >= 0.3 is 0 Å². The second-order valence-electron chi connectivity index (χ2n) is 5.21. The van der Waals surface area contributed by atoms with Crippen LogP contribution in [-0.2, 0) is 16.7 Å². The third-order valence-corrected chi connectivity index (χ3v) is 5.34. The van der Waals surface area contributed by atoms with Gasteiger partial charge in [0.1, 0.15) is 6.67 Å². The van der Waals surface area contributed by atoms with Crippen molar-refractivity contribution < 1.29 is 12.8 Å². The molecule has 0 aliphatic carbocycles. The van der Waals surface area contributed by atoms with E-state index in [2.05, 4.69) is 4.98 Å². The zero-order valence-corrected chi connectivity index (χ0v) is 15.1. The Bertz CT molecular complexity index is 945. The Kier molecular flexibility index (Phi) is 5.39. The number of aromatic nitrogens is 2. The van der Waals surface area contributed by atoms with Gasteiger partial charge in [0.05, 0.1) is 16.1 Å². The van der Waals surface area contributed by atoms with Crippen molar-refractivity contribution in [2.24, 2.45) is 0 Å². The summed E-state index contributed by atoms with van der Waals surface area (Å²) in [6.07, 6.45) is 2.94. The summed E-state index contributed by atoms with van der Waals surface area (Å²) in [6, 6.07) is 8.24. The van der Waals surface area contributed by atoms with E-state index in [-0.39, 0.29) is 10.6 Å². The van der Waals surface area contributed by atoms with Crippen molar-refractivity contribution in [3.63, 3.8) is 0 Å². The van der Waals surface area contributed by atoms with Crippen LogP contribution in [0.5, 0.6) is 0 Å². The molecule has 0 saturated carbocycles. The molecule has 0 saturated heterocycles. The van der Waals surface area contributed by atoms with Crippen LogP contribution in [0.1, 0.15) is 30.7 Å². The maximum Gasteiger partial charge on any atom is 0.268 e. The van der Waals surface area contributed by atoms with Crippen molar-refractivity contribution in [2.45, 2.75) is 39.3 Å². The van der Waals surface area contributed by atoms with Crippen LogP contribution in [-0.4, -0.2) is 17.4 Å². The molecule has 6 heteroatoms. The fraction of sp³-hybridized carbons (Fsp3) is 0.278. The highest BCUT2D eigenvalue weighted by Gasteiger charge is 2.21. The van der Waals surface area contributed by atoms with E-state index in [0.717, 1.165) is 5.56 Å². The third-order valence-electron chi connectivity index (χ3n) is 3.65. The third kappa shape index (κ3) is 3.06. The van der Waals surface area contributed by atoms with Gasteiger partial charge in [-0.3, -0.25) is 4.98 Å². The molecule has 128 valence electrons. The van der Waals surface area contributed by atoms with Crippen LogP contribution in [0.4, 0.5) is 4.39 Å². The maximum absolute atomic E-state index is 13.1. The van der Waals surface area contributed by atoms with Crippen LogP contribution < -0.4 is 0 Å². The van der Waals surface area contributed by atoms with E-state index in [1.54, 1.807) is 37.3 Å². The SMILES string of the molecule is CC.Cc1ccc(S(=O)(=O)n2cc(C)c3c(CF)nccc32)cc1. The number of hydrogen-bond acceptors (Lipinski definition) is 3. The van der Waals surface area contributed by atoms with Crippen molar-refractivity contribution >= 4 is 20.9 Å². The molecule has 2 aromatic heterocycles. The minimum Gasteiger partial charge on any atom is -0.258 e. The molecule has 2 heterocycles. The highest BCUT2D eigenvalue weighted by molar-refractivity contribution is 7.90. The Hall–Kier alpha value is -2.21. The number of pyridine rings is 1. The molecule has 3 rings (SSSR count). The van der Waals surface area contributed by atoms with Gasteiger partial charge in [-0.1, -0.05) is 31.5 Å². The smallest absolute Gasteiger partial charge is 0.258 e. The quantitative estimate of drug-likeness (QED) is 0.705. The Morgan fingerprint density at radius 2 is 1.71 bits per heavy atom. The zero-order valence-electron chi connectivity index (χ0n) is 14.2. The summed E-state index contributed by atoms with van der Waals surface area (Å²) in [6.45, 7) is 6.92. The predicted octanol–water partition coefficient (Wildman–Crippen LogP) is 4.39. The molecule has 4 nitrogen and oxygen atoms in total. The Morgan fingerprint density at radius 1 is 1.08 bits per heavy atom. The molecule has 1 aromatic carbocycles. The molecule has 0 bridgehead atoms. The lowest BCUT2D eigenvalue weighted by Crippen LogP contribution is -2.11. The van der Waals surface area contributed by atoms with Gasteiger partial charge in [0.15, 0.2) is 0 Å². The molecule has 0 N–H and O–H groups in total. The Labute approximate surface area is 142 Å². The fourth-order valence-electron chi connectivity index (χ4n) is 2.54. The van der Waals surface area contributed by atoms with E-state index < -0.39 is 16.7 Å². The van der Waals surface area contributed by atoms with E-state index in [1.165, 1.54) is 16.4 Å². The van der Waals surface area contributed by atoms with Crippen LogP contribution in [0, 0.1) is 13.8 Å². The van der Waals surface area contributed by atoms with Crippen molar-refractivity contribution in [1.82, 2.24) is 8.96 Å². The van der Waals surface area contributed by atoms with Crippen molar-refractivity contribution in [1.29, 1.82) is 0 Å². The van der Waals surface area contributed by atoms with Gasteiger partial charge in [-0.2, -0.15) is 0 Å². The average Bonchev–Trinajstić information content (AvgIpc) is 2.95. The van der Waals surface area contributed by atoms with Crippen LogP contribution in [0.3, 0.4) is 0 Å². The first-order valence-corrected chi connectivity index (χ1v) is 9.23. The molecule has 0 amide bonds. The number of rotatable bonds is 3. The van der Waals surface area contributed by atoms with Gasteiger partial charge in [-0.25, -0.2) is 16.8 Å². The van der Waals surface area contributed by atoms with Gasteiger partial charge in [-0.05, 0) is 37.6 Å². The lowest BCUT2D eigenvalue weighted by molar-refractivity contribution is 0.479. The van der Waals surface area contributed by atoms with Gasteiger partial charge < -0.3 is 0 Å². The molecule has 0 radical (unpaired) electrons. The standard InChI is InChI=1S/C16H15FN2O2S.C2H6/c1-11-3-5-13(6-4-11)22(20,21)19-10-12(2)16-14(9-17)18-8-7-15(16)19;1-2/h3-8,10H,9H2,1-2H3;1-2H3. The number of hydrogen-bond donors (Lipinski definition) is 0. The highest BCUT2D eigenvalue weighted by Crippen LogP contribution is 2.27. The van der Waals surface area contributed by atoms with Crippen molar-refractivity contribution in [3.8, 4) is 0 Å². The van der Waals surface area contributed by atoms with E-state index in [9.17, 15) is 12.8 Å². The normalized spacial score (nSPS) is 11.2. The minimum absolute atomic E-state index is 0.202. The molecule has 0 fully saturated rings. The van der Waals surface area contributed by atoms with E-state index in [4.69, 9.17) is 0 Å². The zero-order chi connectivity index (χ0) is 17.9. The monoisotopic (exact) mass is 348 g/mol. The van der Waals surface area contributed by atoms with E-state index >= 15 is 0 Å². The van der Waals surface area contributed by atoms with Crippen LogP contribution >= 0.6 is 0 Å². The summed E-state index contributed by atoms with van der Waals surface area (Å²) >= 11 is 0. The molecule has 3 aromatic rings. The maximum atomic E-state index is 13.1. The first-order valence-electron chi connectivity index (χ1n) is 7.79. The van der Waals surface area contributed by atoms with Gasteiger partial charge in [0.2, 0.25) is 0 Å². The molecule has 24 heavy (non-hydrogen) atoms. The Balaban J connectivity index is 0.00000100. The topological polar surface area (TPSA) is 52.0 Å². The molecule has 0 unspecified atom stereocenters. The summed E-state index contributed by atoms with van der Waals surface area (Å²) in [5.41, 5.74) is 2.37. The number of aryl methyl sites for hydroxylation is 2. The van der Waals surface area contributed by atoms with E-state index in [1.807, 2.05) is 20.8 Å². The summed E-state index contributed by atoms with van der Waals surface area (Å²) in [5.74, 6) is 0.